The maximum atomic E-state index is 12.6. The zero-order chi connectivity index (χ0) is 17.9. The van der Waals surface area contributed by atoms with Gasteiger partial charge in [0, 0.05) is 30.6 Å². The molecule has 0 aliphatic heterocycles. The first-order valence-corrected chi connectivity index (χ1v) is 8.13. The third kappa shape index (κ3) is 4.09. The van der Waals surface area contributed by atoms with E-state index in [1.165, 1.54) is 0 Å². The van der Waals surface area contributed by atoms with E-state index in [1.54, 1.807) is 24.5 Å². The van der Waals surface area contributed by atoms with Gasteiger partial charge in [0.1, 0.15) is 5.69 Å². The Balaban J connectivity index is 1.73. The fourth-order valence-corrected chi connectivity index (χ4v) is 2.42. The Bertz CT molecular complexity index is 848. The van der Waals surface area contributed by atoms with Gasteiger partial charge >= 0.3 is 0 Å². The molecule has 1 amide bonds. The second kappa shape index (κ2) is 6.84. The number of rotatable bonds is 4. The van der Waals surface area contributed by atoms with Crippen molar-refractivity contribution < 1.29 is 4.79 Å². The number of anilines is 1. The highest BCUT2D eigenvalue weighted by Gasteiger charge is 2.17. The average molecular weight is 335 g/mol. The number of carbonyl (C=O) groups excluding carboxylic acids is 1. The Morgan fingerprint density at radius 3 is 2.48 bits per heavy atom. The Labute approximate surface area is 146 Å². The van der Waals surface area contributed by atoms with E-state index in [4.69, 9.17) is 0 Å². The topological polar surface area (TPSA) is 72.7 Å². The van der Waals surface area contributed by atoms with E-state index in [0.717, 1.165) is 11.3 Å². The van der Waals surface area contributed by atoms with Crippen molar-refractivity contribution in [1.82, 2.24) is 19.7 Å². The summed E-state index contributed by atoms with van der Waals surface area (Å²) >= 11 is 0. The molecule has 25 heavy (non-hydrogen) atoms. The number of nitrogens with one attached hydrogen (secondary N) is 1. The lowest BCUT2D eigenvalue weighted by molar-refractivity contribution is 0.101. The predicted octanol–water partition coefficient (Wildman–Crippen LogP) is 3.27. The quantitative estimate of drug-likeness (QED) is 0.794. The van der Waals surface area contributed by atoms with Crippen LogP contribution in [-0.2, 0) is 12.0 Å². The SMILES string of the molecule is CC(C)(C)c1ccc(NC(=O)c2cccn2Cc2ccncc2)nn1. The van der Waals surface area contributed by atoms with Crippen LogP contribution in [0, 0.1) is 0 Å². The van der Waals surface area contributed by atoms with Crippen LogP contribution in [0.15, 0.2) is 55.0 Å². The molecule has 0 aliphatic rings. The number of aromatic nitrogens is 4. The minimum absolute atomic E-state index is 0.0746. The fraction of sp³-hybridized carbons (Fsp3) is 0.263. The predicted molar refractivity (Wildman–Crippen MR) is 96.5 cm³/mol. The summed E-state index contributed by atoms with van der Waals surface area (Å²) < 4.78 is 1.89. The van der Waals surface area contributed by atoms with Crippen LogP contribution >= 0.6 is 0 Å². The number of hydrogen-bond acceptors (Lipinski definition) is 4. The van der Waals surface area contributed by atoms with E-state index in [-0.39, 0.29) is 11.3 Å². The van der Waals surface area contributed by atoms with Crippen molar-refractivity contribution in [1.29, 1.82) is 0 Å². The first kappa shape index (κ1) is 16.8. The number of amides is 1. The van der Waals surface area contributed by atoms with Gasteiger partial charge in [-0.1, -0.05) is 20.8 Å². The van der Waals surface area contributed by atoms with E-state index < -0.39 is 0 Å². The molecule has 6 nitrogen and oxygen atoms in total. The molecule has 3 aromatic heterocycles. The highest BCUT2D eigenvalue weighted by atomic mass is 16.2. The van der Waals surface area contributed by atoms with Gasteiger partial charge in [0.15, 0.2) is 5.82 Å². The van der Waals surface area contributed by atoms with E-state index in [0.29, 0.717) is 18.1 Å². The molecule has 0 unspecified atom stereocenters. The van der Waals surface area contributed by atoms with Gasteiger partial charge in [-0.25, -0.2) is 0 Å². The van der Waals surface area contributed by atoms with Crippen molar-refractivity contribution in [2.24, 2.45) is 0 Å². The highest BCUT2D eigenvalue weighted by molar-refractivity contribution is 6.02. The standard InChI is InChI=1S/C19H21N5O/c1-19(2,3)16-6-7-17(23-22-16)21-18(25)15-5-4-12-24(15)13-14-8-10-20-11-9-14/h4-12H,13H2,1-3H3,(H,21,23,25). The van der Waals surface area contributed by atoms with Crippen molar-refractivity contribution in [2.45, 2.75) is 32.7 Å². The molecule has 128 valence electrons. The van der Waals surface area contributed by atoms with Crippen molar-refractivity contribution in [2.75, 3.05) is 5.32 Å². The minimum atomic E-state index is -0.211. The van der Waals surface area contributed by atoms with Crippen LogP contribution in [-0.4, -0.2) is 25.7 Å². The summed E-state index contributed by atoms with van der Waals surface area (Å²) in [5.41, 5.74) is 2.45. The van der Waals surface area contributed by atoms with Crippen molar-refractivity contribution in [3.63, 3.8) is 0 Å². The lowest BCUT2D eigenvalue weighted by Gasteiger charge is -2.16. The van der Waals surface area contributed by atoms with Crippen LogP contribution in [0.3, 0.4) is 0 Å². The average Bonchev–Trinajstić information content (AvgIpc) is 3.04. The van der Waals surface area contributed by atoms with Gasteiger partial charge < -0.3 is 9.88 Å². The lowest BCUT2D eigenvalue weighted by atomic mass is 9.92. The van der Waals surface area contributed by atoms with Crippen molar-refractivity contribution >= 4 is 11.7 Å². The summed E-state index contributed by atoms with van der Waals surface area (Å²) in [7, 11) is 0. The van der Waals surface area contributed by atoms with Crippen LogP contribution in [0.4, 0.5) is 5.82 Å². The molecule has 3 aromatic rings. The van der Waals surface area contributed by atoms with Gasteiger partial charge in [0.25, 0.3) is 5.91 Å². The Morgan fingerprint density at radius 2 is 1.84 bits per heavy atom. The van der Waals surface area contributed by atoms with Gasteiger partial charge in [-0.15, -0.1) is 5.10 Å². The molecule has 0 atom stereocenters. The highest BCUT2D eigenvalue weighted by Crippen LogP contribution is 2.19. The first-order valence-electron chi connectivity index (χ1n) is 8.13. The molecular weight excluding hydrogens is 314 g/mol. The zero-order valence-corrected chi connectivity index (χ0v) is 14.6. The molecule has 0 fully saturated rings. The van der Waals surface area contributed by atoms with Gasteiger partial charge in [-0.2, -0.15) is 5.10 Å². The molecule has 0 bridgehead atoms. The van der Waals surface area contributed by atoms with Crippen molar-refractivity contribution in [3.05, 3.63) is 71.9 Å². The third-order valence-electron chi connectivity index (χ3n) is 3.84. The number of pyridine rings is 1. The smallest absolute Gasteiger partial charge is 0.273 e. The van der Waals surface area contributed by atoms with E-state index in [2.05, 4.69) is 41.3 Å². The van der Waals surface area contributed by atoms with Gasteiger partial charge in [-0.05, 0) is 42.0 Å². The Kier molecular flexibility index (Phi) is 4.61. The number of nitrogens with zero attached hydrogens (tertiary/aromatic N) is 4. The normalized spacial score (nSPS) is 11.3. The molecule has 0 aliphatic carbocycles. The number of carbonyl (C=O) groups is 1. The number of hydrogen-bond donors (Lipinski definition) is 1. The monoisotopic (exact) mass is 335 g/mol. The molecule has 0 saturated heterocycles. The zero-order valence-electron chi connectivity index (χ0n) is 14.6. The van der Waals surface area contributed by atoms with E-state index in [9.17, 15) is 4.79 Å². The molecular formula is C19H21N5O. The van der Waals surface area contributed by atoms with Gasteiger partial charge in [-0.3, -0.25) is 9.78 Å². The van der Waals surface area contributed by atoms with Crippen LogP contribution in [0.2, 0.25) is 0 Å². The molecule has 6 heteroatoms. The summed E-state index contributed by atoms with van der Waals surface area (Å²) in [5, 5.41) is 11.1. The molecule has 3 heterocycles. The van der Waals surface area contributed by atoms with Crippen LogP contribution < -0.4 is 5.32 Å². The lowest BCUT2D eigenvalue weighted by Crippen LogP contribution is -2.19. The van der Waals surface area contributed by atoms with Crippen LogP contribution in [0.1, 0.15) is 42.5 Å². The summed E-state index contributed by atoms with van der Waals surface area (Å²) in [6.07, 6.45) is 5.36. The van der Waals surface area contributed by atoms with Crippen LogP contribution in [0.5, 0.6) is 0 Å². The van der Waals surface area contributed by atoms with Gasteiger partial charge in [0.05, 0.1) is 5.69 Å². The van der Waals surface area contributed by atoms with Crippen LogP contribution in [0.25, 0.3) is 0 Å². The summed E-state index contributed by atoms with van der Waals surface area (Å²) in [5.74, 6) is 0.228. The molecule has 0 saturated carbocycles. The first-order chi connectivity index (χ1) is 11.9. The van der Waals surface area contributed by atoms with E-state index in [1.807, 2.05) is 35.0 Å². The molecule has 3 rings (SSSR count). The maximum Gasteiger partial charge on any atom is 0.273 e. The maximum absolute atomic E-state index is 12.6. The Hall–Kier alpha value is -3.02. The molecule has 0 radical (unpaired) electrons. The second-order valence-corrected chi connectivity index (χ2v) is 6.88. The largest absolute Gasteiger partial charge is 0.339 e. The second-order valence-electron chi connectivity index (χ2n) is 6.88. The third-order valence-corrected chi connectivity index (χ3v) is 3.84. The summed E-state index contributed by atoms with van der Waals surface area (Å²) in [6.45, 7) is 6.82. The van der Waals surface area contributed by atoms with Crippen molar-refractivity contribution in [3.8, 4) is 0 Å². The summed E-state index contributed by atoms with van der Waals surface area (Å²) in [4.78, 5) is 16.6. The minimum Gasteiger partial charge on any atom is -0.339 e. The molecule has 0 aromatic carbocycles. The Morgan fingerprint density at radius 1 is 1.08 bits per heavy atom. The van der Waals surface area contributed by atoms with E-state index >= 15 is 0 Å². The molecule has 1 N–H and O–H groups in total. The van der Waals surface area contributed by atoms with Gasteiger partial charge in [0.2, 0.25) is 0 Å². The molecule has 0 spiro atoms. The fourth-order valence-electron chi connectivity index (χ4n) is 2.42. The summed E-state index contributed by atoms with van der Waals surface area (Å²) in [6, 6.07) is 11.2.